The molecule has 1 saturated heterocycles. The summed E-state index contributed by atoms with van der Waals surface area (Å²) in [5.41, 5.74) is 5.11. The minimum atomic E-state index is -0.832. The van der Waals surface area contributed by atoms with E-state index in [4.69, 9.17) is 17.3 Å². The first-order valence-corrected chi connectivity index (χ1v) is 5.55. The molecular formula is C11H11ClF2N2O. The summed E-state index contributed by atoms with van der Waals surface area (Å²) in [6.45, 7) is 0.559. The van der Waals surface area contributed by atoms with Crippen molar-refractivity contribution in [1.82, 2.24) is 0 Å². The van der Waals surface area contributed by atoms with E-state index in [9.17, 15) is 13.6 Å². The van der Waals surface area contributed by atoms with Gasteiger partial charge in [0, 0.05) is 18.0 Å². The Labute approximate surface area is 102 Å². The van der Waals surface area contributed by atoms with Gasteiger partial charge in [0.2, 0.25) is 5.91 Å². The van der Waals surface area contributed by atoms with Gasteiger partial charge in [-0.25, -0.2) is 8.78 Å². The Bertz CT molecular complexity index is 444. The Balaban J connectivity index is 2.38. The highest BCUT2D eigenvalue weighted by Gasteiger charge is 2.33. The Morgan fingerprint density at radius 2 is 2.00 bits per heavy atom. The van der Waals surface area contributed by atoms with Crippen LogP contribution in [0.2, 0.25) is 5.02 Å². The fourth-order valence-corrected chi connectivity index (χ4v) is 2.14. The lowest BCUT2D eigenvalue weighted by Crippen LogP contribution is -2.27. The summed E-state index contributed by atoms with van der Waals surface area (Å²) < 4.78 is 27.2. The number of nitrogens with two attached hydrogens (primary N) is 1. The number of rotatable bonds is 2. The molecule has 3 nitrogen and oxygen atoms in total. The number of carbonyl (C=O) groups excluding carboxylic acids is 1. The van der Waals surface area contributed by atoms with Gasteiger partial charge in [-0.3, -0.25) is 4.79 Å². The third-order valence-corrected chi connectivity index (χ3v) is 3.01. The van der Waals surface area contributed by atoms with Crippen LogP contribution in [0.1, 0.15) is 6.42 Å². The van der Waals surface area contributed by atoms with Crippen LogP contribution in [0, 0.1) is 17.6 Å². The molecule has 0 saturated carbocycles. The quantitative estimate of drug-likeness (QED) is 0.883. The zero-order valence-corrected chi connectivity index (χ0v) is 9.68. The molecule has 0 aromatic heterocycles. The molecule has 1 aromatic carbocycles. The van der Waals surface area contributed by atoms with E-state index in [2.05, 4.69) is 0 Å². The standard InChI is InChI=1S/C11H11ClF2N2O/c12-7-2-8(13)11(9(14)3-7)16-5-6(4-15)1-10(16)17/h2-3,6H,1,4-5,15H2. The predicted octanol–water partition coefficient (Wildman–Crippen LogP) is 1.93. The van der Waals surface area contributed by atoms with Crippen LogP contribution in [0.5, 0.6) is 0 Å². The Morgan fingerprint density at radius 1 is 1.41 bits per heavy atom. The van der Waals surface area contributed by atoms with Crippen molar-refractivity contribution in [3.8, 4) is 0 Å². The van der Waals surface area contributed by atoms with E-state index in [1.807, 2.05) is 0 Å². The minimum absolute atomic E-state index is 0.0363. The van der Waals surface area contributed by atoms with Crippen molar-refractivity contribution in [1.29, 1.82) is 0 Å². The van der Waals surface area contributed by atoms with Crippen LogP contribution < -0.4 is 10.6 Å². The molecule has 1 atom stereocenters. The van der Waals surface area contributed by atoms with Gasteiger partial charge in [0.05, 0.1) is 0 Å². The van der Waals surface area contributed by atoms with Gasteiger partial charge in [-0.15, -0.1) is 0 Å². The molecule has 1 aliphatic heterocycles. The number of anilines is 1. The summed E-state index contributed by atoms with van der Waals surface area (Å²) in [7, 11) is 0. The highest BCUT2D eigenvalue weighted by molar-refractivity contribution is 6.30. The second kappa shape index (κ2) is 4.58. The largest absolute Gasteiger partial charge is 0.330 e. The lowest BCUT2D eigenvalue weighted by molar-refractivity contribution is -0.117. The number of halogens is 3. The maximum Gasteiger partial charge on any atom is 0.227 e. The van der Waals surface area contributed by atoms with E-state index in [0.29, 0.717) is 6.54 Å². The van der Waals surface area contributed by atoms with Crippen molar-refractivity contribution >= 4 is 23.2 Å². The SMILES string of the molecule is NCC1CC(=O)N(c2c(F)cc(Cl)cc2F)C1. The van der Waals surface area contributed by atoms with E-state index in [0.717, 1.165) is 17.0 Å². The lowest BCUT2D eigenvalue weighted by Gasteiger charge is -2.18. The van der Waals surface area contributed by atoms with E-state index in [1.54, 1.807) is 0 Å². The number of hydrogen-bond acceptors (Lipinski definition) is 2. The van der Waals surface area contributed by atoms with Crippen molar-refractivity contribution in [2.45, 2.75) is 6.42 Å². The second-order valence-electron chi connectivity index (χ2n) is 4.03. The maximum atomic E-state index is 13.6. The van der Waals surface area contributed by atoms with Gasteiger partial charge in [0.15, 0.2) is 11.6 Å². The van der Waals surface area contributed by atoms with E-state index < -0.39 is 11.6 Å². The summed E-state index contributed by atoms with van der Waals surface area (Å²) in [5.74, 6) is -2.04. The number of nitrogens with zero attached hydrogens (tertiary/aromatic N) is 1. The van der Waals surface area contributed by atoms with Crippen LogP contribution in [0.4, 0.5) is 14.5 Å². The van der Waals surface area contributed by atoms with Crippen molar-refractivity contribution in [3.63, 3.8) is 0 Å². The second-order valence-corrected chi connectivity index (χ2v) is 4.46. The molecule has 1 fully saturated rings. The van der Waals surface area contributed by atoms with Crippen LogP contribution >= 0.6 is 11.6 Å². The molecule has 0 spiro atoms. The zero-order valence-electron chi connectivity index (χ0n) is 8.92. The molecule has 17 heavy (non-hydrogen) atoms. The van der Waals surface area contributed by atoms with Gasteiger partial charge in [-0.2, -0.15) is 0 Å². The summed E-state index contributed by atoms with van der Waals surface area (Å²) in [6, 6.07) is 1.98. The molecule has 2 rings (SSSR count). The Kier molecular flexibility index (Phi) is 3.31. The van der Waals surface area contributed by atoms with Crippen LogP contribution in [0.3, 0.4) is 0 Å². The summed E-state index contributed by atoms with van der Waals surface area (Å²) >= 11 is 5.52. The highest BCUT2D eigenvalue weighted by atomic mass is 35.5. The first-order chi connectivity index (χ1) is 8.02. The van der Waals surface area contributed by atoms with Gasteiger partial charge in [0.1, 0.15) is 5.69 Å². The summed E-state index contributed by atoms with van der Waals surface area (Å²) in [4.78, 5) is 12.7. The lowest BCUT2D eigenvalue weighted by atomic mass is 10.1. The first kappa shape index (κ1) is 12.3. The molecule has 6 heteroatoms. The van der Waals surface area contributed by atoms with Crippen LogP contribution in [-0.2, 0) is 4.79 Å². The van der Waals surface area contributed by atoms with Crippen LogP contribution in [-0.4, -0.2) is 19.0 Å². The average Bonchev–Trinajstić information content (AvgIpc) is 2.59. The van der Waals surface area contributed by atoms with Crippen molar-refractivity contribution < 1.29 is 13.6 Å². The normalized spacial score (nSPS) is 20.1. The van der Waals surface area contributed by atoms with Gasteiger partial charge in [0.25, 0.3) is 0 Å². The molecule has 0 bridgehead atoms. The van der Waals surface area contributed by atoms with E-state index in [-0.39, 0.29) is 35.5 Å². The molecule has 0 radical (unpaired) electrons. The predicted molar refractivity (Wildman–Crippen MR) is 60.9 cm³/mol. The molecule has 1 unspecified atom stereocenters. The fourth-order valence-electron chi connectivity index (χ4n) is 1.95. The summed E-state index contributed by atoms with van der Waals surface area (Å²) in [5, 5.41) is -0.0363. The maximum absolute atomic E-state index is 13.6. The molecular weight excluding hydrogens is 250 g/mol. The van der Waals surface area contributed by atoms with Gasteiger partial charge in [-0.05, 0) is 24.6 Å². The fraction of sp³-hybridized carbons (Fsp3) is 0.364. The third-order valence-electron chi connectivity index (χ3n) is 2.79. The van der Waals surface area contributed by atoms with Crippen molar-refractivity contribution in [3.05, 3.63) is 28.8 Å². The van der Waals surface area contributed by atoms with Crippen molar-refractivity contribution in [2.75, 3.05) is 18.0 Å². The van der Waals surface area contributed by atoms with Gasteiger partial charge in [-0.1, -0.05) is 11.6 Å². The van der Waals surface area contributed by atoms with E-state index >= 15 is 0 Å². The van der Waals surface area contributed by atoms with Gasteiger partial charge >= 0.3 is 0 Å². The van der Waals surface area contributed by atoms with Crippen molar-refractivity contribution in [2.24, 2.45) is 11.7 Å². The van der Waals surface area contributed by atoms with Crippen LogP contribution in [0.15, 0.2) is 12.1 Å². The molecule has 1 aromatic rings. The molecule has 1 heterocycles. The third kappa shape index (κ3) is 2.25. The monoisotopic (exact) mass is 260 g/mol. The molecule has 1 amide bonds. The first-order valence-electron chi connectivity index (χ1n) is 5.18. The number of amides is 1. The zero-order chi connectivity index (χ0) is 12.6. The number of carbonyl (C=O) groups is 1. The number of benzene rings is 1. The van der Waals surface area contributed by atoms with Gasteiger partial charge < -0.3 is 10.6 Å². The number of hydrogen-bond donors (Lipinski definition) is 1. The minimum Gasteiger partial charge on any atom is -0.330 e. The average molecular weight is 261 g/mol. The molecule has 0 aliphatic carbocycles. The molecule has 2 N–H and O–H groups in total. The molecule has 1 aliphatic rings. The highest BCUT2D eigenvalue weighted by Crippen LogP contribution is 2.31. The van der Waals surface area contributed by atoms with E-state index in [1.165, 1.54) is 0 Å². The smallest absolute Gasteiger partial charge is 0.227 e. The topological polar surface area (TPSA) is 46.3 Å². The summed E-state index contributed by atoms with van der Waals surface area (Å²) in [6.07, 6.45) is 0.220. The van der Waals surface area contributed by atoms with Crippen LogP contribution in [0.25, 0.3) is 0 Å². The molecule has 92 valence electrons. The Hall–Kier alpha value is -1.20. The Morgan fingerprint density at radius 3 is 2.47 bits per heavy atom.